The number of rotatable bonds is 2. The molecule has 106 valence electrons. The number of hydrogen-bond acceptors (Lipinski definition) is 0. The van der Waals surface area contributed by atoms with Crippen LogP contribution >= 0.6 is 0 Å². The van der Waals surface area contributed by atoms with Gasteiger partial charge in [-0.25, -0.2) is 0 Å². The average molecular weight is 267 g/mol. The second-order valence-electron chi connectivity index (χ2n) is 7.25. The van der Waals surface area contributed by atoms with Gasteiger partial charge in [-0.2, -0.15) is 0 Å². The van der Waals surface area contributed by atoms with Crippen molar-refractivity contribution in [2.24, 2.45) is 0 Å². The monoisotopic (exact) mass is 267 g/mol. The first kappa shape index (κ1) is 13.5. The summed E-state index contributed by atoms with van der Waals surface area (Å²) in [5.41, 5.74) is 8.55. The third-order valence-corrected chi connectivity index (χ3v) is 4.79. The molecule has 0 spiro atoms. The average Bonchev–Trinajstić information content (AvgIpc) is 2.90. The molecule has 0 amide bonds. The molecule has 0 unspecified atom stereocenters. The number of fused-ring (bicyclic) bond motifs is 3. The van der Waals surface area contributed by atoms with Gasteiger partial charge in [0.1, 0.15) is 0 Å². The van der Waals surface area contributed by atoms with Crippen molar-refractivity contribution < 1.29 is 0 Å². The van der Waals surface area contributed by atoms with Crippen molar-refractivity contribution in [3.63, 3.8) is 0 Å². The van der Waals surface area contributed by atoms with Gasteiger partial charge in [0.25, 0.3) is 0 Å². The lowest BCUT2D eigenvalue weighted by molar-refractivity contribution is 0.658. The first-order chi connectivity index (χ1) is 9.32. The van der Waals surface area contributed by atoms with Crippen LogP contribution in [-0.4, -0.2) is 4.98 Å². The summed E-state index contributed by atoms with van der Waals surface area (Å²) >= 11 is 0. The normalized spacial score (nSPS) is 15.8. The highest BCUT2D eigenvalue weighted by Gasteiger charge is 2.37. The number of nitrogens with one attached hydrogen (secondary N) is 1. The van der Waals surface area contributed by atoms with Gasteiger partial charge in [0, 0.05) is 16.7 Å². The van der Waals surface area contributed by atoms with Crippen LogP contribution in [0.15, 0.2) is 24.3 Å². The lowest BCUT2D eigenvalue weighted by Gasteiger charge is -2.22. The Balaban J connectivity index is 2.20. The zero-order valence-electron chi connectivity index (χ0n) is 13.5. The van der Waals surface area contributed by atoms with E-state index in [2.05, 4.69) is 70.8 Å². The van der Waals surface area contributed by atoms with E-state index in [1.165, 1.54) is 33.6 Å². The van der Waals surface area contributed by atoms with Crippen molar-refractivity contribution >= 4 is 0 Å². The molecule has 0 atom stereocenters. The van der Waals surface area contributed by atoms with E-state index < -0.39 is 0 Å². The van der Waals surface area contributed by atoms with Crippen molar-refractivity contribution in [2.45, 2.75) is 58.8 Å². The highest BCUT2D eigenvalue weighted by atomic mass is 14.8. The van der Waals surface area contributed by atoms with Crippen LogP contribution in [0.2, 0.25) is 0 Å². The van der Waals surface area contributed by atoms with Gasteiger partial charge in [-0.3, -0.25) is 0 Å². The van der Waals surface area contributed by atoms with Crippen molar-refractivity contribution in [1.82, 2.24) is 4.98 Å². The van der Waals surface area contributed by atoms with E-state index in [0.717, 1.165) is 0 Å². The van der Waals surface area contributed by atoms with E-state index in [1.54, 1.807) is 0 Å². The molecule has 0 aliphatic heterocycles. The zero-order chi connectivity index (χ0) is 14.7. The maximum atomic E-state index is 3.65. The summed E-state index contributed by atoms with van der Waals surface area (Å²) in [6.07, 6.45) is 0. The van der Waals surface area contributed by atoms with Crippen molar-refractivity contribution in [3.8, 4) is 11.3 Å². The number of benzene rings is 1. The van der Waals surface area contributed by atoms with Crippen LogP contribution in [0.25, 0.3) is 11.3 Å². The molecule has 0 saturated heterocycles. The molecule has 1 N–H and O–H groups in total. The van der Waals surface area contributed by atoms with E-state index in [4.69, 9.17) is 0 Å². The van der Waals surface area contributed by atoms with Crippen LogP contribution in [0.5, 0.6) is 0 Å². The Morgan fingerprint density at radius 1 is 0.900 bits per heavy atom. The maximum Gasteiger partial charge on any atom is 0.0500 e. The summed E-state index contributed by atoms with van der Waals surface area (Å²) in [5, 5.41) is 0. The van der Waals surface area contributed by atoms with E-state index in [1.807, 2.05) is 0 Å². The predicted octanol–water partition coefficient (Wildman–Crippen LogP) is 5.57. The fourth-order valence-electron chi connectivity index (χ4n) is 3.29. The molecule has 1 nitrogen and oxygen atoms in total. The molecule has 0 fully saturated rings. The minimum atomic E-state index is 0.110. The van der Waals surface area contributed by atoms with Gasteiger partial charge < -0.3 is 4.98 Å². The Morgan fingerprint density at radius 3 is 2.20 bits per heavy atom. The summed E-state index contributed by atoms with van der Waals surface area (Å²) in [6, 6.07) is 9.36. The predicted molar refractivity (Wildman–Crippen MR) is 86.5 cm³/mol. The molecular formula is C19H25N. The van der Waals surface area contributed by atoms with Crippen LogP contribution in [0, 0.1) is 0 Å². The van der Waals surface area contributed by atoms with Gasteiger partial charge in [0.15, 0.2) is 0 Å². The standard InChI is InChI=1S/C19H25N/c1-11(2)13-7-8-14-15(9-13)19(5,6)16-10-17(12(3)4)20-18(14)16/h7-12,20H,1-6H3. The molecule has 0 radical (unpaired) electrons. The number of aromatic nitrogens is 1. The maximum absolute atomic E-state index is 3.65. The molecule has 1 aromatic heterocycles. The molecular weight excluding hydrogens is 242 g/mol. The number of hydrogen-bond donors (Lipinski definition) is 1. The SMILES string of the molecule is CC(C)c1ccc2c(c1)C(C)(C)c1cc(C(C)C)[nH]c1-2. The fourth-order valence-corrected chi connectivity index (χ4v) is 3.29. The Morgan fingerprint density at radius 2 is 1.60 bits per heavy atom. The van der Waals surface area contributed by atoms with Crippen molar-refractivity contribution in [1.29, 1.82) is 0 Å². The first-order valence-corrected chi connectivity index (χ1v) is 7.70. The zero-order valence-corrected chi connectivity index (χ0v) is 13.5. The van der Waals surface area contributed by atoms with E-state index in [0.29, 0.717) is 11.8 Å². The van der Waals surface area contributed by atoms with Gasteiger partial charge in [-0.05, 0) is 34.6 Å². The molecule has 1 aliphatic rings. The van der Waals surface area contributed by atoms with Crippen LogP contribution in [-0.2, 0) is 5.41 Å². The van der Waals surface area contributed by atoms with Gasteiger partial charge in [-0.1, -0.05) is 59.7 Å². The third kappa shape index (κ3) is 1.76. The minimum Gasteiger partial charge on any atom is -0.358 e. The van der Waals surface area contributed by atoms with Gasteiger partial charge in [-0.15, -0.1) is 0 Å². The summed E-state index contributed by atoms with van der Waals surface area (Å²) in [5.74, 6) is 1.14. The minimum absolute atomic E-state index is 0.110. The second-order valence-corrected chi connectivity index (χ2v) is 7.25. The second kappa shape index (κ2) is 4.25. The molecule has 2 aromatic rings. The fraction of sp³-hybridized carbons (Fsp3) is 0.474. The Bertz CT molecular complexity index is 656. The smallest absolute Gasteiger partial charge is 0.0500 e. The summed E-state index contributed by atoms with van der Waals surface area (Å²) in [7, 11) is 0. The lowest BCUT2D eigenvalue weighted by Crippen LogP contribution is -2.15. The Hall–Kier alpha value is -1.50. The number of H-pyrrole nitrogens is 1. The van der Waals surface area contributed by atoms with Crippen LogP contribution < -0.4 is 0 Å². The highest BCUT2D eigenvalue weighted by molar-refractivity contribution is 5.79. The Kier molecular flexibility index (Phi) is 2.86. The summed E-state index contributed by atoms with van der Waals surface area (Å²) in [4.78, 5) is 3.65. The first-order valence-electron chi connectivity index (χ1n) is 7.70. The molecule has 1 heterocycles. The molecule has 0 bridgehead atoms. The topological polar surface area (TPSA) is 15.8 Å². The third-order valence-electron chi connectivity index (χ3n) is 4.79. The lowest BCUT2D eigenvalue weighted by atomic mass is 9.81. The van der Waals surface area contributed by atoms with Gasteiger partial charge in [0.05, 0.1) is 5.69 Å². The van der Waals surface area contributed by atoms with Gasteiger partial charge in [0.2, 0.25) is 0 Å². The molecule has 1 aromatic carbocycles. The van der Waals surface area contributed by atoms with Crippen LogP contribution in [0.1, 0.15) is 75.8 Å². The molecule has 1 heteroatoms. The van der Waals surface area contributed by atoms with Crippen molar-refractivity contribution in [2.75, 3.05) is 0 Å². The van der Waals surface area contributed by atoms with Crippen LogP contribution in [0.3, 0.4) is 0 Å². The molecule has 3 rings (SSSR count). The summed E-state index contributed by atoms with van der Waals surface area (Å²) < 4.78 is 0. The Labute approximate surface area is 122 Å². The molecule has 1 aliphatic carbocycles. The quantitative estimate of drug-likeness (QED) is 0.732. The van der Waals surface area contributed by atoms with Gasteiger partial charge >= 0.3 is 0 Å². The summed E-state index contributed by atoms with van der Waals surface area (Å²) in [6.45, 7) is 13.7. The largest absolute Gasteiger partial charge is 0.358 e. The molecule has 0 saturated carbocycles. The van der Waals surface area contributed by atoms with E-state index in [-0.39, 0.29) is 5.41 Å². The van der Waals surface area contributed by atoms with Crippen molar-refractivity contribution in [3.05, 3.63) is 46.6 Å². The molecule has 20 heavy (non-hydrogen) atoms. The highest BCUT2D eigenvalue weighted by Crippen LogP contribution is 2.49. The van der Waals surface area contributed by atoms with Crippen LogP contribution in [0.4, 0.5) is 0 Å². The van der Waals surface area contributed by atoms with E-state index >= 15 is 0 Å². The van der Waals surface area contributed by atoms with E-state index in [9.17, 15) is 0 Å². The number of aromatic amines is 1.